The number of likely N-dealkylation sites (tertiary alicyclic amines) is 1. The quantitative estimate of drug-likeness (QED) is 0.700. The first-order valence-electron chi connectivity index (χ1n) is 11.0. The van der Waals surface area contributed by atoms with Gasteiger partial charge >= 0.3 is 0 Å². The summed E-state index contributed by atoms with van der Waals surface area (Å²) in [4.78, 5) is 3.86. The van der Waals surface area contributed by atoms with E-state index in [9.17, 15) is 13.5 Å². The largest absolute Gasteiger partial charge is 0.508 e. The number of hydrogen-bond acceptors (Lipinski definition) is 6. The minimum atomic E-state index is -3.65. The molecule has 31 heavy (non-hydrogen) atoms. The molecule has 1 fully saturated rings. The molecule has 3 heterocycles. The number of hydrogen-bond donors (Lipinski definition) is 1. The van der Waals surface area contributed by atoms with Gasteiger partial charge in [-0.2, -0.15) is 4.31 Å². The zero-order valence-corrected chi connectivity index (χ0v) is 20.1. The van der Waals surface area contributed by atoms with Gasteiger partial charge in [0.05, 0.1) is 4.90 Å². The summed E-state index contributed by atoms with van der Waals surface area (Å²) in [5.41, 5.74) is 1.69. The molecule has 0 unspecified atom stereocenters. The summed E-state index contributed by atoms with van der Waals surface area (Å²) >= 11 is 1.66. The second-order valence-corrected chi connectivity index (χ2v) is 12.1. The molecule has 0 radical (unpaired) electrons. The van der Waals surface area contributed by atoms with E-state index < -0.39 is 10.0 Å². The predicted octanol–water partition coefficient (Wildman–Crippen LogP) is 4.01. The molecular formula is C23H32N2O4S2. The number of rotatable bonds is 6. The van der Waals surface area contributed by atoms with Gasteiger partial charge in [0.2, 0.25) is 10.0 Å². The molecule has 0 bridgehead atoms. The molecule has 4 rings (SSSR count). The van der Waals surface area contributed by atoms with Gasteiger partial charge in [-0.25, -0.2) is 8.42 Å². The van der Waals surface area contributed by atoms with Gasteiger partial charge in [0.25, 0.3) is 0 Å². The van der Waals surface area contributed by atoms with Gasteiger partial charge in [0.15, 0.2) is 5.06 Å². The SMILES string of the molecule is Cc1ccc(S(=O)(=O)N2CCc3sc(OC4CCN(CC(C)C)CC4)cc3C2)cc1O. The molecule has 0 amide bonds. The van der Waals surface area contributed by atoms with E-state index in [0.717, 1.165) is 43.1 Å². The van der Waals surface area contributed by atoms with Crippen LogP contribution in [0.4, 0.5) is 0 Å². The van der Waals surface area contributed by atoms with Crippen molar-refractivity contribution in [3.63, 3.8) is 0 Å². The van der Waals surface area contributed by atoms with Gasteiger partial charge in [0, 0.05) is 43.7 Å². The van der Waals surface area contributed by atoms with E-state index in [1.807, 2.05) is 6.07 Å². The van der Waals surface area contributed by atoms with Crippen molar-refractivity contribution in [2.24, 2.45) is 5.92 Å². The van der Waals surface area contributed by atoms with Crippen molar-refractivity contribution in [2.45, 2.75) is 57.6 Å². The van der Waals surface area contributed by atoms with E-state index in [1.165, 1.54) is 15.2 Å². The third kappa shape index (κ3) is 5.08. The van der Waals surface area contributed by atoms with Crippen molar-refractivity contribution >= 4 is 21.4 Å². The van der Waals surface area contributed by atoms with Crippen molar-refractivity contribution in [3.8, 4) is 10.8 Å². The number of thiophene rings is 1. The van der Waals surface area contributed by atoms with Crippen LogP contribution in [0.2, 0.25) is 0 Å². The lowest BCUT2D eigenvalue weighted by Gasteiger charge is -2.32. The third-order valence-corrected chi connectivity index (χ3v) is 9.04. The van der Waals surface area contributed by atoms with Crippen LogP contribution in [0.1, 0.15) is 42.7 Å². The first-order valence-corrected chi connectivity index (χ1v) is 13.3. The van der Waals surface area contributed by atoms with Crippen LogP contribution in [0.25, 0.3) is 0 Å². The number of phenolic OH excluding ortho intramolecular Hbond substituents is 1. The van der Waals surface area contributed by atoms with Crippen LogP contribution >= 0.6 is 11.3 Å². The monoisotopic (exact) mass is 464 g/mol. The Labute approximate surface area is 189 Å². The van der Waals surface area contributed by atoms with Gasteiger partial charge in [-0.3, -0.25) is 0 Å². The zero-order chi connectivity index (χ0) is 22.2. The van der Waals surface area contributed by atoms with Crippen LogP contribution in [-0.4, -0.2) is 55.0 Å². The van der Waals surface area contributed by atoms with Crippen LogP contribution < -0.4 is 4.74 Å². The summed E-state index contributed by atoms with van der Waals surface area (Å²) in [5, 5.41) is 10.8. The first kappa shape index (κ1) is 22.6. The Balaban J connectivity index is 1.40. The number of ether oxygens (including phenoxy) is 1. The highest BCUT2D eigenvalue weighted by Gasteiger charge is 2.31. The molecule has 1 saturated heterocycles. The highest BCUT2D eigenvalue weighted by molar-refractivity contribution is 7.89. The molecule has 1 N–H and O–H groups in total. The summed E-state index contributed by atoms with van der Waals surface area (Å²) < 4.78 is 33.9. The van der Waals surface area contributed by atoms with Gasteiger partial charge in [-0.1, -0.05) is 19.9 Å². The second kappa shape index (κ2) is 9.10. The van der Waals surface area contributed by atoms with E-state index in [2.05, 4.69) is 18.7 Å². The van der Waals surface area contributed by atoms with E-state index in [-0.39, 0.29) is 16.7 Å². The van der Waals surface area contributed by atoms with Crippen molar-refractivity contribution in [1.29, 1.82) is 0 Å². The number of aryl methyl sites for hydroxylation is 1. The average molecular weight is 465 g/mol. The number of aromatic hydroxyl groups is 1. The Morgan fingerprint density at radius 2 is 1.94 bits per heavy atom. The molecule has 6 nitrogen and oxygen atoms in total. The molecule has 0 aliphatic carbocycles. The zero-order valence-electron chi connectivity index (χ0n) is 18.5. The fourth-order valence-corrected chi connectivity index (χ4v) is 6.85. The normalized spacial score (nSPS) is 19.0. The lowest BCUT2D eigenvalue weighted by Crippen LogP contribution is -2.39. The number of sulfonamides is 1. The smallest absolute Gasteiger partial charge is 0.243 e. The molecular weight excluding hydrogens is 432 g/mol. The average Bonchev–Trinajstić information content (AvgIpc) is 3.12. The summed E-state index contributed by atoms with van der Waals surface area (Å²) in [6, 6.07) is 6.57. The Bertz CT molecular complexity index is 1020. The molecule has 0 atom stereocenters. The van der Waals surface area contributed by atoms with Crippen LogP contribution in [0.3, 0.4) is 0 Å². The van der Waals surface area contributed by atoms with Crippen LogP contribution in [0.5, 0.6) is 10.8 Å². The van der Waals surface area contributed by atoms with E-state index in [0.29, 0.717) is 31.0 Å². The fourth-order valence-electron chi connectivity index (χ4n) is 4.33. The van der Waals surface area contributed by atoms with Crippen molar-refractivity contribution in [3.05, 3.63) is 40.3 Å². The Kier molecular flexibility index (Phi) is 6.62. The van der Waals surface area contributed by atoms with Crippen molar-refractivity contribution in [1.82, 2.24) is 9.21 Å². The van der Waals surface area contributed by atoms with Crippen LogP contribution in [0.15, 0.2) is 29.2 Å². The topological polar surface area (TPSA) is 70.1 Å². The minimum absolute atomic E-state index is 0.00411. The van der Waals surface area contributed by atoms with E-state index >= 15 is 0 Å². The van der Waals surface area contributed by atoms with Crippen LogP contribution in [0, 0.1) is 12.8 Å². The molecule has 2 aliphatic heterocycles. The molecule has 1 aromatic carbocycles. The Morgan fingerprint density at radius 3 is 2.61 bits per heavy atom. The second-order valence-electron chi connectivity index (χ2n) is 9.06. The first-order chi connectivity index (χ1) is 14.7. The highest BCUT2D eigenvalue weighted by atomic mass is 32.2. The molecule has 1 aromatic heterocycles. The summed E-state index contributed by atoms with van der Waals surface area (Å²) in [6.07, 6.45) is 2.99. The molecule has 2 aliphatic rings. The lowest BCUT2D eigenvalue weighted by molar-refractivity contribution is 0.0968. The Morgan fingerprint density at radius 1 is 1.19 bits per heavy atom. The maximum Gasteiger partial charge on any atom is 0.243 e. The lowest BCUT2D eigenvalue weighted by atomic mass is 10.1. The summed E-state index contributed by atoms with van der Waals surface area (Å²) in [5.74, 6) is 0.689. The maximum atomic E-state index is 13.1. The standard InChI is InChI=1S/C23H32N2O4S2/c1-16(2)14-24-9-6-19(7-10-24)29-23-12-18-15-25(11-8-22(18)30-23)31(27,28)20-5-4-17(3)21(26)13-20/h4-5,12-13,16,19,26H,6-11,14-15H2,1-3H3. The maximum absolute atomic E-state index is 13.1. The molecule has 8 heteroatoms. The van der Waals surface area contributed by atoms with Crippen molar-refractivity contribution < 1.29 is 18.3 Å². The number of piperidine rings is 1. The van der Waals surface area contributed by atoms with Gasteiger partial charge < -0.3 is 14.7 Å². The van der Waals surface area contributed by atoms with Crippen molar-refractivity contribution in [2.75, 3.05) is 26.2 Å². The molecule has 170 valence electrons. The van der Waals surface area contributed by atoms with E-state index in [1.54, 1.807) is 30.4 Å². The third-order valence-electron chi connectivity index (χ3n) is 6.07. The predicted molar refractivity (Wildman–Crippen MR) is 123 cm³/mol. The number of nitrogens with zero attached hydrogens (tertiary/aromatic N) is 2. The summed E-state index contributed by atoms with van der Waals surface area (Å²) in [6.45, 7) is 10.3. The number of fused-ring (bicyclic) bond motifs is 1. The van der Waals surface area contributed by atoms with Gasteiger partial charge in [0.1, 0.15) is 11.9 Å². The molecule has 0 spiro atoms. The highest BCUT2D eigenvalue weighted by Crippen LogP contribution is 2.36. The molecule has 0 saturated carbocycles. The number of benzene rings is 1. The van der Waals surface area contributed by atoms with Gasteiger partial charge in [-0.15, -0.1) is 11.3 Å². The Hall–Kier alpha value is -1.61. The fraction of sp³-hybridized carbons (Fsp3) is 0.565. The number of phenols is 1. The van der Waals surface area contributed by atoms with Crippen LogP contribution in [-0.2, 0) is 23.0 Å². The molecule has 2 aromatic rings. The van der Waals surface area contributed by atoms with E-state index in [4.69, 9.17) is 4.74 Å². The summed E-state index contributed by atoms with van der Waals surface area (Å²) in [7, 11) is -3.65. The van der Waals surface area contributed by atoms with Gasteiger partial charge in [-0.05, 0) is 55.4 Å². The minimum Gasteiger partial charge on any atom is -0.508 e.